The van der Waals surface area contributed by atoms with E-state index in [0.717, 1.165) is 11.8 Å². The molecule has 0 unspecified atom stereocenters. The van der Waals surface area contributed by atoms with Crippen LogP contribution >= 0.6 is 0 Å². The van der Waals surface area contributed by atoms with Crippen LogP contribution in [0.25, 0.3) is 11.1 Å². The van der Waals surface area contributed by atoms with Crippen molar-refractivity contribution in [2.24, 2.45) is 0 Å². The van der Waals surface area contributed by atoms with Gasteiger partial charge in [0.1, 0.15) is 0 Å². The number of hydrogen-bond acceptors (Lipinski definition) is 5. The van der Waals surface area contributed by atoms with E-state index >= 15 is 0 Å². The molecule has 0 aliphatic rings. The summed E-state index contributed by atoms with van der Waals surface area (Å²) in [5.41, 5.74) is 2.41. The van der Waals surface area contributed by atoms with Crippen molar-refractivity contribution in [1.29, 1.82) is 0 Å². The number of benzene rings is 2. The lowest BCUT2D eigenvalue weighted by molar-refractivity contribution is 0.102. The van der Waals surface area contributed by atoms with Gasteiger partial charge in [0, 0.05) is 11.8 Å². The van der Waals surface area contributed by atoms with Crippen molar-refractivity contribution in [2.45, 2.75) is 11.8 Å². The van der Waals surface area contributed by atoms with Crippen molar-refractivity contribution in [3.8, 4) is 11.1 Å². The summed E-state index contributed by atoms with van der Waals surface area (Å²) < 4.78 is 28.5. The molecular weight excluding hydrogens is 340 g/mol. The highest BCUT2D eigenvalue weighted by molar-refractivity contribution is 7.90. The largest absolute Gasteiger partial charge is 0.337 e. The Morgan fingerprint density at radius 2 is 1.80 bits per heavy atom. The first-order chi connectivity index (χ1) is 11.9. The minimum absolute atomic E-state index is 0.0807. The Hall–Kier alpha value is -2.93. The fraction of sp³-hybridized carbons (Fsp3) is 0.111. The van der Waals surface area contributed by atoms with Crippen molar-refractivity contribution >= 4 is 21.6 Å². The molecule has 3 rings (SSSR count). The molecule has 1 amide bonds. The molecule has 0 fully saturated rings. The van der Waals surface area contributed by atoms with E-state index < -0.39 is 15.7 Å². The lowest BCUT2D eigenvalue weighted by atomic mass is 10.1. The third-order valence-corrected chi connectivity index (χ3v) is 4.79. The van der Waals surface area contributed by atoms with Gasteiger partial charge in [-0.2, -0.15) is 0 Å². The summed E-state index contributed by atoms with van der Waals surface area (Å²) in [4.78, 5) is 12.6. The van der Waals surface area contributed by atoms with Crippen LogP contribution in [0.2, 0.25) is 0 Å². The Bertz CT molecular complexity index is 1020. The van der Waals surface area contributed by atoms with Gasteiger partial charge in [0.2, 0.25) is 5.88 Å². The number of carbonyl (C=O) groups excluding carboxylic acids is 1. The minimum atomic E-state index is -3.39. The van der Waals surface area contributed by atoms with E-state index in [4.69, 9.17) is 4.52 Å². The molecule has 1 N–H and O–H groups in total. The topological polar surface area (TPSA) is 89.3 Å². The lowest BCUT2D eigenvalue weighted by Crippen LogP contribution is -2.13. The first kappa shape index (κ1) is 16.9. The fourth-order valence-electron chi connectivity index (χ4n) is 2.44. The summed E-state index contributed by atoms with van der Waals surface area (Å²) >= 11 is 0. The second-order valence-corrected chi connectivity index (χ2v) is 7.61. The Balaban J connectivity index is 1.93. The normalized spacial score (nSPS) is 11.3. The van der Waals surface area contributed by atoms with Gasteiger partial charge in [-0.1, -0.05) is 41.6 Å². The molecule has 0 atom stereocenters. The summed E-state index contributed by atoms with van der Waals surface area (Å²) in [6.07, 6.45) is 1.09. The average molecular weight is 356 g/mol. The molecule has 0 bridgehead atoms. The highest BCUT2D eigenvalue weighted by Crippen LogP contribution is 2.31. The maximum atomic E-state index is 12.5. The van der Waals surface area contributed by atoms with Gasteiger partial charge in [0.25, 0.3) is 5.91 Å². The van der Waals surface area contributed by atoms with Crippen LogP contribution in [0, 0.1) is 6.92 Å². The minimum Gasteiger partial charge on any atom is -0.337 e. The van der Waals surface area contributed by atoms with Crippen molar-refractivity contribution in [3.05, 3.63) is 65.9 Å². The summed E-state index contributed by atoms with van der Waals surface area (Å²) in [6, 6.07) is 15.3. The second-order valence-electron chi connectivity index (χ2n) is 5.59. The zero-order valence-corrected chi connectivity index (χ0v) is 14.5. The number of sulfone groups is 1. The Kier molecular flexibility index (Phi) is 4.41. The van der Waals surface area contributed by atoms with Crippen LogP contribution in [0.1, 0.15) is 16.1 Å². The molecule has 7 heteroatoms. The van der Waals surface area contributed by atoms with Gasteiger partial charge in [0.05, 0.1) is 16.2 Å². The molecule has 0 saturated heterocycles. The molecule has 1 aromatic heterocycles. The summed E-state index contributed by atoms with van der Waals surface area (Å²) in [6.45, 7) is 1.78. The van der Waals surface area contributed by atoms with E-state index in [-0.39, 0.29) is 16.3 Å². The zero-order valence-electron chi connectivity index (χ0n) is 13.7. The first-order valence-electron chi connectivity index (χ1n) is 7.49. The first-order valence-corrected chi connectivity index (χ1v) is 9.38. The summed E-state index contributed by atoms with van der Waals surface area (Å²) in [5.74, 6) is -0.253. The van der Waals surface area contributed by atoms with Crippen molar-refractivity contribution in [1.82, 2.24) is 5.16 Å². The number of anilines is 1. The SMILES string of the molecule is Cc1noc(NC(=O)c2cccc(S(C)(=O)=O)c2)c1-c1ccccc1. The second kappa shape index (κ2) is 6.52. The van der Waals surface area contributed by atoms with Gasteiger partial charge < -0.3 is 4.52 Å². The number of aryl methyl sites for hydroxylation is 1. The van der Waals surface area contributed by atoms with Crippen molar-refractivity contribution < 1.29 is 17.7 Å². The van der Waals surface area contributed by atoms with Gasteiger partial charge in [-0.05, 0) is 30.7 Å². The number of carbonyl (C=O) groups is 1. The molecule has 0 aliphatic carbocycles. The predicted octanol–water partition coefficient (Wildman–Crippen LogP) is 3.31. The molecule has 25 heavy (non-hydrogen) atoms. The molecule has 3 aromatic rings. The van der Waals surface area contributed by atoms with E-state index in [2.05, 4.69) is 10.5 Å². The highest BCUT2D eigenvalue weighted by Gasteiger charge is 2.19. The van der Waals surface area contributed by atoms with Gasteiger partial charge in [-0.3, -0.25) is 10.1 Å². The number of nitrogens with zero attached hydrogens (tertiary/aromatic N) is 1. The van der Waals surface area contributed by atoms with Gasteiger partial charge >= 0.3 is 0 Å². The zero-order chi connectivity index (χ0) is 18.0. The average Bonchev–Trinajstić information content (AvgIpc) is 2.95. The number of aromatic nitrogens is 1. The third-order valence-electron chi connectivity index (χ3n) is 3.68. The number of rotatable bonds is 4. The van der Waals surface area contributed by atoms with E-state index in [9.17, 15) is 13.2 Å². The van der Waals surface area contributed by atoms with Gasteiger partial charge in [-0.15, -0.1) is 0 Å². The molecule has 0 saturated carbocycles. The number of amides is 1. The molecule has 0 radical (unpaired) electrons. The van der Waals surface area contributed by atoms with Gasteiger partial charge in [-0.25, -0.2) is 8.42 Å². The highest BCUT2D eigenvalue weighted by atomic mass is 32.2. The van der Waals surface area contributed by atoms with E-state index in [1.165, 1.54) is 24.3 Å². The molecule has 128 valence electrons. The number of nitrogens with one attached hydrogen (secondary N) is 1. The summed E-state index contributed by atoms with van der Waals surface area (Å²) in [7, 11) is -3.39. The van der Waals surface area contributed by atoms with Crippen molar-refractivity contribution in [2.75, 3.05) is 11.6 Å². The fourth-order valence-corrected chi connectivity index (χ4v) is 3.11. The van der Waals surface area contributed by atoms with Crippen molar-refractivity contribution in [3.63, 3.8) is 0 Å². The quantitative estimate of drug-likeness (QED) is 0.775. The molecule has 0 spiro atoms. The van der Waals surface area contributed by atoms with E-state index in [1.54, 1.807) is 6.92 Å². The van der Waals surface area contributed by atoms with E-state index in [0.29, 0.717) is 11.3 Å². The van der Waals surface area contributed by atoms with Gasteiger partial charge in [0.15, 0.2) is 9.84 Å². The smallest absolute Gasteiger partial charge is 0.258 e. The van der Waals surface area contributed by atoms with Crippen LogP contribution in [0.5, 0.6) is 0 Å². The molecule has 0 aliphatic heterocycles. The maximum Gasteiger partial charge on any atom is 0.258 e. The van der Waals surface area contributed by atoms with Crippen LogP contribution in [0.3, 0.4) is 0 Å². The summed E-state index contributed by atoms with van der Waals surface area (Å²) in [5, 5.41) is 6.57. The van der Waals surface area contributed by atoms with Crippen LogP contribution in [-0.4, -0.2) is 25.7 Å². The predicted molar refractivity (Wildman–Crippen MR) is 94.2 cm³/mol. The third kappa shape index (κ3) is 3.61. The monoisotopic (exact) mass is 356 g/mol. The Morgan fingerprint density at radius 3 is 2.48 bits per heavy atom. The van der Waals surface area contributed by atoms with Crippen LogP contribution in [0.15, 0.2) is 64.0 Å². The van der Waals surface area contributed by atoms with Crippen LogP contribution in [-0.2, 0) is 9.84 Å². The van der Waals surface area contributed by atoms with E-state index in [1.807, 2.05) is 30.3 Å². The Labute approximate surface area is 145 Å². The van der Waals surface area contributed by atoms with Crippen LogP contribution in [0.4, 0.5) is 5.88 Å². The Morgan fingerprint density at radius 1 is 1.08 bits per heavy atom. The maximum absolute atomic E-state index is 12.5. The lowest BCUT2D eigenvalue weighted by Gasteiger charge is -2.06. The van der Waals surface area contributed by atoms with Crippen LogP contribution < -0.4 is 5.32 Å². The molecule has 1 heterocycles. The molecular formula is C18H16N2O4S. The number of hydrogen-bond donors (Lipinski definition) is 1. The molecule has 2 aromatic carbocycles. The standard InChI is InChI=1S/C18H16N2O4S/c1-12-16(13-7-4-3-5-8-13)18(24-20-12)19-17(21)14-9-6-10-15(11-14)25(2,22)23/h3-11H,1-2H3,(H,19,21). The molecule has 6 nitrogen and oxygen atoms in total.